The molecule has 2 aliphatic carbocycles. The Bertz CT molecular complexity index is 1370. The van der Waals surface area contributed by atoms with E-state index < -0.39 is 116 Å². The van der Waals surface area contributed by atoms with E-state index in [0.717, 1.165) is 0 Å². The number of ether oxygens (including phenoxy) is 6. The number of hydrogen-bond acceptors (Lipinski definition) is 16. The molecule has 0 spiro atoms. The highest BCUT2D eigenvalue weighted by Crippen LogP contribution is 2.66. The number of allylic oxidation sites excluding steroid dienone is 1. The number of aliphatic hydroxyl groups excluding tert-OH is 7. The summed E-state index contributed by atoms with van der Waals surface area (Å²) in [7, 11) is 1.30. The fraction of sp³-hybridized carbons (Fsp3) is 0.758. The Morgan fingerprint density at radius 3 is 2.31 bits per heavy atom. The van der Waals surface area contributed by atoms with Crippen molar-refractivity contribution in [2.45, 2.75) is 113 Å². The molecule has 3 saturated heterocycles. The van der Waals surface area contributed by atoms with Crippen molar-refractivity contribution in [2.24, 2.45) is 22.7 Å². The van der Waals surface area contributed by atoms with Gasteiger partial charge in [-0.2, -0.15) is 0 Å². The molecule has 0 radical (unpaired) electrons. The van der Waals surface area contributed by atoms with Crippen LogP contribution >= 0.6 is 0 Å². The van der Waals surface area contributed by atoms with Gasteiger partial charge >= 0.3 is 11.9 Å². The number of esters is 2. The fourth-order valence-electron chi connectivity index (χ4n) is 8.77. The molecule has 4 fully saturated rings. The fourth-order valence-corrected chi connectivity index (χ4v) is 8.77. The highest BCUT2D eigenvalue weighted by molar-refractivity contribution is 5.93. The first-order valence-corrected chi connectivity index (χ1v) is 16.5. The third kappa shape index (κ3) is 6.14. The molecule has 5 aliphatic rings. The molecule has 16 heteroatoms. The van der Waals surface area contributed by atoms with Crippen LogP contribution in [0.15, 0.2) is 34.7 Å². The van der Waals surface area contributed by atoms with Gasteiger partial charge in [-0.15, -0.1) is 0 Å². The van der Waals surface area contributed by atoms with Crippen molar-refractivity contribution < 1.29 is 78.2 Å². The summed E-state index contributed by atoms with van der Waals surface area (Å²) in [6.45, 7) is 2.73. The number of carbonyl (C=O) groups is 2. The lowest BCUT2D eigenvalue weighted by Crippen LogP contribution is -2.62. The minimum atomic E-state index is -1.77. The van der Waals surface area contributed by atoms with Gasteiger partial charge in [-0.1, -0.05) is 19.9 Å². The average molecular weight is 699 g/mol. The molecule has 0 amide bonds. The van der Waals surface area contributed by atoms with Crippen molar-refractivity contribution in [1.82, 2.24) is 0 Å². The van der Waals surface area contributed by atoms with Crippen LogP contribution in [0, 0.1) is 22.7 Å². The van der Waals surface area contributed by atoms with Gasteiger partial charge in [-0.05, 0) is 43.1 Å². The van der Waals surface area contributed by atoms with Crippen LogP contribution in [-0.4, -0.2) is 136 Å². The Morgan fingerprint density at radius 1 is 0.980 bits per heavy atom. The van der Waals surface area contributed by atoms with E-state index in [0.29, 0.717) is 24.0 Å². The second-order valence-electron chi connectivity index (χ2n) is 14.2. The van der Waals surface area contributed by atoms with Gasteiger partial charge in [0.15, 0.2) is 12.6 Å². The van der Waals surface area contributed by atoms with Crippen LogP contribution in [0.5, 0.6) is 0 Å². The summed E-state index contributed by atoms with van der Waals surface area (Å²) in [4.78, 5) is 26.4. The molecule has 7 N–H and O–H groups in total. The molecule has 49 heavy (non-hydrogen) atoms. The molecule has 0 bridgehead atoms. The molecule has 16 nitrogen and oxygen atoms in total. The summed E-state index contributed by atoms with van der Waals surface area (Å²) in [5.74, 6) is -1.78. The number of methoxy groups -OCH3 is 1. The summed E-state index contributed by atoms with van der Waals surface area (Å²) in [6, 6.07) is 1.66. The van der Waals surface area contributed by atoms with Gasteiger partial charge in [0.05, 0.1) is 44.9 Å². The van der Waals surface area contributed by atoms with Gasteiger partial charge in [0.2, 0.25) is 0 Å². The molecule has 0 aromatic carbocycles. The largest absolute Gasteiger partial charge is 0.472 e. The summed E-state index contributed by atoms with van der Waals surface area (Å²) < 4.78 is 39.7. The minimum Gasteiger partial charge on any atom is -0.472 e. The van der Waals surface area contributed by atoms with Crippen molar-refractivity contribution in [3.05, 3.63) is 35.8 Å². The van der Waals surface area contributed by atoms with E-state index in [1.807, 2.05) is 19.9 Å². The number of hydrogen-bond donors (Lipinski definition) is 7. The van der Waals surface area contributed by atoms with Gasteiger partial charge in [-0.25, -0.2) is 4.79 Å². The van der Waals surface area contributed by atoms with Crippen LogP contribution in [-0.2, 0) is 38.0 Å². The van der Waals surface area contributed by atoms with E-state index >= 15 is 0 Å². The molecule has 1 aromatic heterocycles. The summed E-state index contributed by atoms with van der Waals surface area (Å²) in [5.41, 5.74) is -0.400. The zero-order chi connectivity index (χ0) is 35.4. The maximum absolute atomic E-state index is 13.4. The molecule has 3 aliphatic heterocycles. The SMILES string of the molecule is COC(=O)[C@H]1C[C@H]2OC(=O)C3=CCC[C@H]([C@@]1(C)C[C@H](O[C@@H]1O[C@H](CO[C@H]4O[C@@H](CO)[C@@H](O)[C@@H](O)[C@H]4O)[C@@H](O)[C@@H](O)[C@@H]1O)c1ccoc1)[C@@]32C. The zero-order valence-corrected chi connectivity index (χ0v) is 27.4. The average Bonchev–Trinajstić information content (AvgIpc) is 3.71. The van der Waals surface area contributed by atoms with Crippen LogP contribution in [0.3, 0.4) is 0 Å². The summed E-state index contributed by atoms with van der Waals surface area (Å²) in [6.07, 6.45) is -10.9. The summed E-state index contributed by atoms with van der Waals surface area (Å²) in [5, 5.41) is 72.7. The molecule has 1 aromatic rings. The van der Waals surface area contributed by atoms with Crippen LogP contribution in [0.25, 0.3) is 0 Å². The Balaban J connectivity index is 1.25. The molecular formula is C33H46O16. The lowest BCUT2D eigenvalue weighted by atomic mass is 9.46. The monoisotopic (exact) mass is 698 g/mol. The van der Waals surface area contributed by atoms with Gasteiger partial charge < -0.3 is 68.6 Å². The van der Waals surface area contributed by atoms with Gasteiger partial charge in [-0.3, -0.25) is 4.79 Å². The highest BCUT2D eigenvalue weighted by Gasteiger charge is 2.67. The molecule has 1 saturated carbocycles. The molecule has 6 rings (SSSR count). The predicted octanol–water partition coefficient (Wildman–Crippen LogP) is -1.18. The molecule has 16 atom stereocenters. The normalized spacial score (nSPS) is 45.6. The summed E-state index contributed by atoms with van der Waals surface area (Å²) >= 11 is 0. The van der Waals surface area contributed by atoms with Crippen LogP contribution in [0.1, 0.15) is 51.2 Å². The molecule has 274 valence electrons. The van der Waals surface area contributed by atoms with Crippen molar-refractivity contribution in [2.75, 3.05) is 20.3 Å². The smallest absolute Gasteiger partial charge is 0.334 e. The third-order valence-electron chi connectivity index (χ3n) is 11.6. The number of carbonyl (C=O) groups excluding carboxylic acids is 2. The second kappa shape index (κ2) is 13.9. The van der Waals surface area contributed by atoms with E-state index in [1.165, 1.54) is 19.6 Å². The van der Waals surface area contributed by atoms with Crippen LogP contribution < -0.4 is 0 Å². The number of rotatable bonds is 10. The Morgan fingerprint density at radius 2 is 1.65 bits per heavy atom. The Hall–Kier alpha value is -2.48. The zero-order valence-electron chi connectivity index (χ0n) is 27.4. The third-order valence-corrected chi connectivity index (χ3v) is 11.6. The number of aliphatic hydroxyl groups is 7. The first-order chi connectivity index (χ1) is 23.3. The van der Waals surface area contributed by atoms with Crippen molar-refractivity contribution >= 4 is 11.9 Å². The van der Waals surface area contributed by atoms with Gasteiger partial charge in [0.1, 0.15) is 54.9 Å². The van der Waals surface area contributed by atoms with E-state index in [1.54, 1.807) is 6.07 Å². The van der Waals surface area contributed by atoms with Crippen LogP contribution in [0.2, 0.25) is 0 Å². The topological polar surface area (TPSA) is 244 Å². The lowest BCUT2D eigenvalue weighted by molar-refractivity contribution is -0.338. The minimum absolute atomic E-state index is 0.165. The quantitative estimate of drug-likeness (QED) is 0.142. The maximum atomic E-state index is 13.4. The van der Waals surface area contributed by atoms with E-state index in [9.17, 15) is 45.3 Å². The lowest BCUT2D eigenvalue weighted by Gasteiger charge is -2.57. The van der Waals surface area contributed by atoms with Crippen LogP contribution in [0.4, 0.5) is 0 Å². The molecule has 4 heterocycles. The van der Waals surface area contributed by atoms with E-state index in [4.69, 9.17) is 32.8 Å². The van der Waals surface area contributed by atoms with Crippen molar-refractivity contribution in [3.63, 3.8) is 0 Å². The maximum Gasteiger partial charge on any atom is 0.334 e. The van der Waals surface area contributed by atoms with Gasteiger partial charge in [0.25, 0.3) is 0 Å². The van der Waals surface area contributed by atoms with Gasteiger partial charge in [0, 0.05) is 16.6 Å². The molecule has 0 unspecified atom stereocenters. The number of furan rings is 1. The van der Waals surface area contributed by atoms with E-state index in [2.05, 4.69) is 0 Å². The highest BCUT2D eigenvalue weighted by atomic mass is 16.7. The van der Waals surface area contributed by atoms with Crippen molar-refractivity contribution in [1.29, 1.82) is 0 Å². The second-order valence-corrected chi connectivity index (χ2v) is 14.2. The van der Waals surface area contributed by atoms with Crippen molar-refractivity contribution in [3.8, 4) is 0 Å². The predicted molar refractivity (Wildman–Crippen MR) is 161 cm³/mol. The Kier molecular flexibility index (Phi) is 10.3. The standard InChI is InChI=1S/C33H46O16/c1-32(16(28(41)43-3)9-21-33(2)15(29(42)49-21)5-4-6-20(32)33)10-17(14-7-8-44-12-14)46-31-27(40)25(38)23(36)19(48-31)13-45-30-26(39)24(37)22(35)18(11-34)47-30/h5,7-8,12,16-27,30-31,34-40H,4,6,9-11,13H2,1-3H3/t16-,17+,18+,19-,20-,21-,22-,23-,24-,25-,26-,27+,30+,31-,32+,33-/m1/s1. The Labute approximate surface area is 282 Å². The van der Waals surface area contributed by atoms with E-state index in [-0.39, 0.29) is 18.8 Å². The first-order valence-electron chi connectivity index (χ1n) is 16.5. The molecular weight excluding hydrogens is 652 g/mol. The first kappa shape index (κ1) is 36.3.